The number of rotatable bonds is 3. The number of unbranched alkanes of at least 4 members (excludes halogenated alkanes) is 1. The van der Waals surface area contributed by atoms with Crippen molar-refractivity contribution in [3.05, 3.63) is 0 Å². The van der Waals surface area contributed by atoms with Crippen molar-refractivity contribution in [3.8, 4) is 0 Å². The minimum atomic E-state index is -3.68. The summed E-state index contributed by atoms with van der Waals surface area (Å²) in [5.41, 5.74) is 0. The maximum atomic E-state index is 10.1. The Morgan fingerprint density at radius 1 is 1.44 bits per heavy atom. The SMILES string of the molecule is CCCCP(=O)(O)O.[Zn+2]. The van der Waals surface area contributed by atoms with Crippen LogP contribution in [0.5, 0.6) is 0 Å². The molecule has 0 unspecified atom stereocenters. The molecule has 0 heterocycles. The predicted octanol–water partition coefficient (Wildman–Crippen LogP) is 0.962. The van der Waals surface area contributed by atoms with Crippen molar-refractivity contribution < 1.29 is 33.8 Å². The van der Waals surface area contributed by atoms with E-state index in [0.29, 0.717) is 6.42 Å². The molecule has 0 spiro atoms. The molecule has 2 N–H and O–H groups in total. The van der Waals surface area contributed by atoms with E-state index in [9.17, 15) is 4.57 Å². The summed E-state index contributed by atoms with van der Waals surface area (Å²) in [7, 11) is -3.68. The van der Waals surface area contributed by atoms with Crippen LogP contribution in [0.15, 0.2) is 0 Å². The first kappa shape index (κ1) is 12.4. The van der Waals surface area contributed by atoms with Crippen molar-refractivity contribution in [3.63, 3.8) is 0 Å². The molecule has 3 nitrogen and oxygen atoms in total. The second-order valence-electron chi connectivity index (χ2n) is 1.74. The van der Waals surface area contributed by atoms with Gasteiger partial charge in [0.05, 0.1) is 0 Å². The molecule has 0 radical (unpaired) electrons. The Balaban J connectivity index is 0. The van der Waals surface area contributed by atoms with Crippen LogP contribution in [-0.2, 0) is 24.0 Å². The Labute approximate surface area is 67.8 Å². The molecule has 50 valence electrons. The summed E-state index contributed by atoms with van der Waals surface area (Å²) in [6, 6.07) is 0. The summed E-state index contributed by atoms with van der Waals surface area (Å²) >= 11 is 0. The van der Waals surface area contributed by atoms with Gasteiger partial charge in [0.25, 0.3) is 0 Å². The van der Waals surface area contributed by atoms with Crippen LogP contribution in [0.3, 0.4) is 0 Å². The van der Waals surface area contributed by atoms with Crippen LogP contribution in [0.25, 0.3) is 0 Å². The summed E-state index contributed by atoms with van der Waals surface area (Å²) in [5, 5.41) is 0. The maximum absolute atomic E-state index is 10.1. The first-order chi connectivity index (χ1) is 3.56. The fraction of sp³-hybridized carbons (Fsp3) is 1.00. The monoisotopic (exact) mass is 202 g/mol. The van der Waals surface area contributed by atoms with Crippen molar-refractivity contribution in [2.24, 2.45) is 0 Å². The molecule has 0 aliphatic heterocycles. The van der Waals surface area contributed by atoms with E-state index in [1.54, 1.807) is 0 Å². The van der Waals surface area contributed by atoms with Crippen molar-refractivity contribution in [2.75, 3.05) is 6.16 Å². The molecule has 9 heavy (non-hydrogen) atoms. The van der Waals surface area contributed by atoms with Crippen molar-refractivity contribution >= 4 is 7.60 Å². The summed E-state index contributed by atoms with van der Waals surface area (Å²) in [6.07, 6.45) is 1.49. The van der Waals surface area contributed by atoms with Crippen LogP contribution in [0.2, 0.25) is 0 Å². The summed E-state index contributed by atoms with van der Waals surface area (Å²) in [6.45, 7) is 1.90. The Morgan fingerprint density at radius 3 is 2.00 bits per heavy atom. The smallest absolute Gasteiger partial charge is 0.324 e. The van der Waals surface area contributed by atoms with Crippen LogP contribution in [0.1, 0.15) is 19.8 Å². The zero-order chi connectivity index (χ0) is 6.62. The fourth-order valence-electron chi connectivity index (χ4n) is 0.364. The molecule has 0 rings (SSSR count). The average molecular weight is 203 g/mol. The van der Waals surface area contributed by atoms with Gasteiger partial charge in [-0.1, -0.05) is 13.3 Å². The van der Waals surface area contributed by atoms with Crippen molar-refractivity contribution in [1.82, 2.24) is 0 Å². The number of hydrogen-bond acceptors (Lipinski definition) is 1. The van der Waals surface area contributed by atoms with Gasteiger partial charge in [0.1, 0.15) is 0 Å². The first-order valence-electron chi connectivity index (χ1n) is 2.61. The van der Waals surface area contributed by atoms with Crippen LogP contribution < -0.4 is 0 Å². The molecule has 0 aliphatic carbocycles. The van der Waals surface area contributed by atoms with Crippen LogP contribution in [0, 0.1) is 0 Å². The summed E-state index contributed by atoms with van der Waals surface area (Å²) < 4.78 is 10.1. The van der Waals surface area contributed by atoms with Crippen molar-refractivity contribution in [1.29, 1.82) is 0 Å². The average Bonchev–Trinajstić information content (AvgIpc) is 1.59. The molecule has 0 amide bonds. The van der Waals surface area contributed by atoms with Gasteiger partial charge >= 0.3 is 27.1 Å². The van der Waals surface area contributed by atoms with Gasteiger partial charge in [0, 0.05) is 6.16 Å². The minimum Gasteiger partial charge on any atom is -0.324 e. The molecule has 0 aromatic rings. The van der Waals surface area contributed by atoms with E-state index in [1.165, 1.54) is 0 Å². The van der Waals surface area contributed by atoms with Gasteiger partial charge in [0.15, 0.2) is 0 Å². The Kier molecular flexibility index (Phi) is 7.68. The van der Waals surface area contributed by atoms with E-state index < -0.39 is 7.60 Å². The van der Waals surface area contributed by atoms with Crippen LogP contribution in [-0.4, -0.2) is 15.9 Å². The van der Waals surface area contributed by atoms with E-state index >= 15 is 0 Å². The van der Waals surface area contributed by atoms with Crippen LogP contribution in [0.4, 0.5) is 0 Å². The second kappa shape index (κ2) is 5.55. The predicted molar refractivity (Wildman–Crippen MR) is 31.8 cm³/mol. The molecule has 5 heteroatoms. The molecule has 0 bridgehead atoms. The van der Waals surface area contributed by atoms with Gasteiger partial charge in [-0.05, 0) is 6.42 Å². The molecule has 0 aliphatic rings. The Bertz CT molecular complexity index is 100.0. The zero-order valence-corrected chi connectivity index (χ0v) is 9.44. The van der Waals surface area contributed by atoms with Gasteiger partial charge in [-0.15, -0.1) is 0 Å². The standard InChI is InChI=1S/C4H11O3P.Zn/c1-2-3-4-8(5,6)7;/h2-4H2,1H3,(H2,5,6,7);/q;+2. The fourth-order valence-corrected chi connectivity index (χ4v) is 1.09. The Hall–Kier alpha value is 0.773. The Morgan fingerprint density at radius 2 is 1.89 bits per heavy atom. The van der Waals surface area contributed by atoms with Crippen LogP contribution >= 0.6 is 7.60 Å². The van der Waals surface area contributed by atoms with Gasteiger partial charge < -0.3 is 9.79 Å². The molecule has 0 saturated carbocycles. The maximum Gasteiger partial charge on any atom is 2.00 e. The molecule has 0 saturated heterocycles. The topological polar surface area (TPSA) is 57.5 Å². The molecule has 0 fully saturated rings. The molecule has 0 aromatic heterocycles. The summed E-state index contributed by atoms with van der Waals surface area (Å²) in [5.74, 6) is 0. The van der Waals surface area contributed by atoms with E-state index in [0.717, 1.165) is 6.42 Å². The molecule has 0 aromatic carbocycles. The third-order valence-corrected chi connectivity index (χ3v) is 1.70. The van der Waals surface area contributed by atoms with E-state index in [1.807, 2.05) is 6.92 Å². The summed E-state index contributed by atoms with van der Waals surface area (Å²) in [4.78, 5) is 16.5. The van der Waals surface area contributed by atoms with Gasteiger partial charge in [-0.25, -0.2) is 0 Å². The quantitative estimate of drug-likeness (QED) is 0.531. The van der Waals surface area contributed by atoms with E-state index in [2.05, 4.69) is 0 Å². The van der Waals surface area contributed by atoms with Crippen molar-refractivity contribution in [2.45, 2.75) is 19.8 Å². The van der Waals surface area contributed by atoms with Gasteiger partial charge in [-0.2, -0.15) is 0 Å². The first-order valence-corrected chi connectivity index (χ1v) is 4.40. The number of hydrogen-bond donors (Lipinski definition) is 2. The minimum absolute atomic E-state index is 0. The van der Waals surface area contributed by atoms with Gasteiger partial charge in [0.2, 0.25) is 0 Å². The molecular formula is C4H11O3PZn+2. The zero-order valence-electron chi connectivity index (χ0n) is 5.58. The van der Waals surface area contributed by atoms with E-state index in [-0.39, 0.29) is 25.6 Å². The van der Waals surface area contributed by atoms with Gasteiger partial charge in [-0.3, -0.25) is 4.57 Å². The molecule has 0 atom stereocenters. The molecular weight excluding hydrogens is 192 g/mol. The second-order valence-corrected chi connectivity index (χ2v) is 3.52. The third kappa shape index (κ3) is 12.1. The third-order valence-electron chi connectivity index (χ3n) is 0.803. The normalized spacial score (nSPS) is 10.6. The largest absolute Gasteiger partial charge is 2.00 e. The van der Waals surface area contributed by atoms with E-state index in [4.69, 9.17) is 9.79 Å².